The molecule has 6 N–H and O–H groups in total. The zero-order valence-corrected chi connectivity index (χ0v) is 14.2. The van der Waals surface area contributed by atoms with Gasteiger partial charge in [0.15, 0.2) is 11.5 Å². The summed E-state index contributed by atoms with van der Waals surface area (Å²) >= 11 is 0. The molecule has 0 aromatic heterocycles. The van der Waals surface area contributed by atoms with Gasteiger partial charge in [0.25, 0.3) is 10.1 Å². The number of aromatic hydroxyl groups is 2. The first-order valence-corrected chi connectivity index (χ1v) is 10.9. The molecule has 138 valence electrons. The van der Waals surface area contributed by atoms with Crippen LogP contribution >= 0.6 is 15.6 Å². The highest BCUT2D eigenvalue weighted by atomic mass is 32.2. The maximum atomic E-state index is 11.7. The lowest BCUT2D eigenvalue weighted by Crippen LogP contribution is -2.08. The van der Waals surface area contributed by atoms with Crippen LogP contribution in [-0.2, 0) is 37.6 Å². The molecule has 0 spiro atoms. The molecule has 0 bridgehead atoms. The van der Waals surface area contributed by atoms with Gasteiger partial charge in [-0.1, -0.05) is 0 Å². The van der Waals surface area contributed by atoms with Crippen molar-refractivity contribution in [3.8, 4) is 11.5 Å². The second kappa shape index (κ2) is 6.34. The van der Waals surface area contributed by atoms with E-state index in [1.54, 1.807) is 0 Å². The summed E-state index contributed by atoms with van der Waals surface area (Å²) in [6.07, 6.45) is 0. The molecule has 0 saturated carbocycles. The highest BCUT2D eigenvalue weighted by Crippen LogP contribution is 2.59. The SMILES string of the molecule is O=P(O)(O)OP(=O)(O)OS(=O)(=O)c1cc(O)c(O)c(S(=O)(=O)O)c1. The second-order valence-corrected chi connectivity index (χ2v) is 9.77. The summed E-state index contributed by atoms with van der Waals surface area (Å²) in [6.45, 7) is 0. The van der Waals surface area contributed by atoms with Gasteiger partial charge in [-0.3, -0.25) is 4.55 Å². The van der Waals surface area contributed by atoms with Gasteiger partial charge >= 0.3 is 25.8 Å². The van der Waals surface area contributed by atoms with Crippen molar-refractivity contribution in [2.45, 2.75) is 9.79 Å². The summed E-state index contributed by atoms with van der Waals surface area (Å²) in [5.41, 5.74) is 0. The number of phenols is 2. The molecule has 0 heterocycles. The summed E-state index contributed by atoms with van der Waals surface area (Å²) in [5.74, 6) is -2.81. The fourth-order valence-corrected chi connectivity index (χ4v) is 5.21. The molecule has 24 heavy (non-hydrogen) atoms. The van der Waals surface area contributed by atoms with Crippen molar-refractivity contribution in [3.63, 3.8) is 0 Å². The third-order valence-electron chi connectivity index (χ3n) is 2.00. The van der Waals surface area contributed by atoms with E-state index in [4.69, 9.17) is 19.2 Å². The highest BCUT2D eigenvalue weighted by molar-refractivity contribution is 7.91. The van der Waals surface area contributed by atoms with Gasteiger partial charge in [-0.05, 0) is 6.07 Å². The van der Waals surface area contributed by atoms with Crippen LogP contribution in [0.4, 0.5) is 0 Å². The Balaban J connectivity index is 3.43. The number of phenolic OH excluding ortho intramolecular Hbond substituents is 2. The maximum absolute atomic E-state index is 11.7. The number of benzene rings is 1. The molecule has 0 amide bonds. The van der Waals surface area contributed by atoms with E-state index in [-0.39, 0.29) is 12.1 Å². The van der Waals surface area contributed by atoms with E-state index in [1.807, 2.05) is 0 Å². The lowest BCUT2D eigenvalue weighted by Gasteiger charge is -2.13. The van der Waals surface area contributed by atoms with E-state index in [0.717, 1.165) is 0 Å². The van der Waals surface area contributed by atoms with Crippen LogP contribution in [-0.4, -0.2) is 46.3 Å². The van der Waals surface area contributed by atoms with Crippen LogP contribution in [0, 0.1) is 0 Å². The summed E-state index contributed by atoms with van der Waals surface area (Å²) in [5, 5.41) is 18.5. The Morgan fingerprint density at radius 1 is 0.958 bits per heavy atom. The van der Waals surface area contributed by atoms with Crippen molar-refractivity contribution in [2.75, 3.05) is 0 Å². The quantitative estimate of drug-likeness (QED) is 0.185. The predicted molar refractivity (Wildman–Crippen MR) is 70.8 cm³/mol. The molecular weight excluding hydrogens is 422 g/mol. The van der Waals surface area contributed by atoms with Gasteiger partial charge in [-0.25, -0.2) is 9.13 Å². The molecule has 0 aliphatic rings. The van der Waals surface area contributed by atoms with E-state index < -0.39 is 57.2 Å². The van der Waals surface area contributed by atoms with Crippen molar-refractivity contribution in [3.05, 3.63) is 12.1 Å². The first kappa shape index (κ1) is 21.0. The van der Waals surface area contributed by atoms with Crippen molar-refractivity contribution in [2.24, 2.45) is 0 Å². The summed E-state index contributed by atoms with van der Waals surface area (Å²) < 4.78 is 82.6. The third kappa shape index (κ3) is 5.49. The lowest BCUT2D eigenvalue weighted by atomic mass is 10.3. The van der Waals surface area contributed by atoms with Gasteiger partial charge < -0.3 is 24.9 Å². The average Bonchev–Trinajstić information content (AvgIpc) is 2.25. The maximum Gasteiger partial charge on any atom is 0.496 e. The van der Waals surface area contributed by atoms with E-state index in [0.29, 0.717) is 0 Å². The largest absolute Gasteiger partial charge is 0.504 e. The number of hydrogen-bond acceptors (Lipinski definition) is 10. The molecule has 1 aromatic rings. The Kier molecular flexibility index (Phi) is 5.55. The number of phosphoric acid groups is 2. The van der Waals surface area contributed by atoms with E-state index >= 15 is 0 Å². The molecule has 0 aliphatic heterocycles. The van der Waals surface area contributed by atoms with Gasteiger partial charge in [0.2, 0.25) is 0 Å². The normalized spacial score (nSPS) is 15.8. The number of hydrogen-bond donors (Lipinski definition) is 6. The first-order chi connectivity index (χ1) is 10.4. The standard InChI is InChI=1S/C6H8O14P2S2/c7-4-1-3(2-5(6(4)8)23(14,15)16)24(17,18)20-22(12,13)19-21(9,10)11/h1-2,7-8H,(H,12,13)(H2,9,10,11)(H,14,15,16). The monoisotopic (exact) mass is 430 g/mol. The Hall–Kier alpha value is -1.06. The van der Waals surface area contributed by atoms with Crippen LogP contribution in [0.15, 0.2) is 21.9 Å². The van der Waals surface area contributed by atoms with Gasteiger partial charge in [0.05, 0.1) is 4.90 Å². The van der Waals surface area contributed by atoms with Crippen molar-refractivity contribution in [1.82, 2.24) is 0 Å². The van der Waals surface area contributed by atoms with E-state index in [1.165, 1.54) is 0 Å². The Morgan fingerprint density at radius 2 is 1.46 bits per heavy atom. The van der Waals surface area contributed by atoms with Crippen LogP contribution in [0.5, 0.6) is 11.5 Å². The zero-order valence-electron chi connectivity index (χ0n) is 10.8. The molecule has 0 saturated heterocycles. The summed E-state index contributed by atoms with van der Waals surface area (Å²) in [6, 6.07) is 0.202. The predicted octanol–water partition coefficient (Wildman–Crippen LogP) is -0.741. The molecular formula is C6H8O14P2S2. The molecule has 14 nitrogen and oxygen atoms in total. The molecule has 1 atom stereocenters. The van der Waals surface area contributed by atoms with Crippen LogP contribution in [0.3, 0.4) is 0 Å². The summed E-state index contributed by atoms with van der Waals surface area (Å²) in [7, 11) is -22.2. The van der Waals surface area contributed by atoms with E-state index in [9.17, 15) is 36.2 Å². The minimum atomic E-state index is -5.89. The molecule has 1 aromatic carbocycles. The smallest absolute Gasteiger partial charge is 0.496 e. The zero-order chi connectivity index (χ0) is 19.1. The fraction of sp³-hybridized carbons (Fsp3) is 0. The van der Waals surface area contributed by atoms with Crippen LogP contribution in [0.1, 0.15) is 0 Å². The van der Waals surface area contributed by atoms with Gasteiger partial charge in [-0.2, -0.15) is 25.1 Å². The van der Waals surface area contributed by atoms with Gasteiger partial charge in [-0.15, -0.1) is 0 Å². The van der Waals surface area contributed by atoms with Crippen molar-refractivity contribution in [1.29, 1.82) is 0 Å². The fourth-order valence-electron chi connectivity index (χ4n) is 1.22. The highest BCUT2D eigenvalue weighted by Gasteiger charge is 2.39. The van der Waals surface area contributed by atoms with Crippen molar-refractivity contribution < 1.29 is 63.7 Å². The van der Waals surface area contributed by atoms with Crippen LogP contribution in [0.2, 0.25) is 0 Å². The lowest BCUT2D eigenvalue weighted by molar-refractivity contribution is 0.231. The summed E-state index contributed by atoms with van der Waals surface area (Å²) in [4.78, 5) is 22.8. The minimum Gasteiger partial charge on any atom is -0.504 e. The molecule has 0 radical (unpaired) electrons. The first-order valence-electron chi connectivity index (χ1n) is 5.04. The Bertz CT molecular complexity index is 955. The van der Waals surface area contributed by atoms with Gasteiger partial charge in [0.1, 0.15) is 4.90 Å². The van der Waals surface area contributed by atoms with Crippen molar-refractivity contribution >= 4 is 35.9 Å². The van der Waals surface area contributed by atoms with Crippen LogP contribution < -0.4 is 0 Å². The molecule has 18 heteroatoms. The molecule has 0 fully saturated rings. The number of rotatable bonds is 6. The topological polar surface area (TPSA) is 242 Å². The average molecular weight is 430 g/mol. The minimum absolute atomic E-state index is 0.0389. The molecule has 1 rings (SSSR count). The Morgan fingerprint density at radius 3 is 1.88 bits per heavy atom. The molecule has 1 unspecified atom stereocenters. The third-order valence-corrected chi connectivity index (χ3v) is 6.89. The van der Waals surface area contributed by atoms with Gasteiger partial charge in [0, 0.05) is 6.07 Å². The van der Waals surface area contributed by atoms with E-state index in [2.05, 4.69) is 8.28 Å². The Labute approximate surface area is 133 Å². The van der Waals surface area contributed by atoms with Crippen LogP contribution in [0.25, 0.3) is 0 Å². The second-order valence-electron chi connectivity index (χ2n) is 3.83. The molecule has 0 aliphatic carbocycles.